The van der Waals surface area contributed by atoms with Gasteiger partial charge in [-0.25, -0.2) is 0 Å². The van der Waals surface area contributed by atoms with Gasteiger partial charge in [0, 0.05) is 0 Å². The number of hydrogen-bond donors (Lipinski definition) is 1. The second-order valence-electron chi connectivity index (χ2n) is 1.54. The lowest BCUT2D eigenvalue weighted by Gasteiger charge is -1.87. The summed E-state index contributed by atoms with van der Waals surface area (Å²) in [6.07, 6.45) is -0.382. The highest BCUT2D eigenvalue weighted by Crippen LogP contribution is 2.03. The first kappa shape index (κ1) is 4.59. The van der Waals surface area contributed by atoms with Crippen LogP contribution in [0.4, 0.5) is 0 Å². The average Bonchev–Trinajstić information content (AvgIpc) is 1.87. The van der Waals surface area contributed by atoms with E-state index >= 15 is 0 Å². The van der Waals surface area contributed by atoms with Crippen LogP contribution in [0.25, 0.3) is 0 Å². The van der Waals surface area contributed by atoms with Crippen molar-refractivity contribution in [1.82, 2.24) is 0 Å². The van der Waals surface area contributed by atoms with E-state index < -0.39 is 6.10 Å². The van der Waals surface area contributed by atoms with E-state index in [-0.39, 0.29) is 19.0 Å². The van der Waals surface area contributed by atoms with Crippen LogP contribution in [0.1, 0.15) is 6.42 Å². The highest BCUT2D eigenvalue weighted by molar-refractivity contribution is 5.71. The number of ether oxygens (including phenoxy) is 1. The van der Waals surface area contributed by atoms with Crippen LogP contribution in [0.3, 0.4) is 0 Å². The van der Waals surface area contributed by atoms with Gasteiger partial charge in [-0.2, -0.15) is 0 Å². The highest BCUT2D eigenvalue weighted by atomic mass is 16.6. The summed E-state index contributed by atoms with van der Waals surface area (Å²) < 4.78 is 4.38. The van der Waals surface area contributed by atoms with Crippen molar-refractivity contribution in [2.75, 3.05) is 6.61 Å². The smallest absolute Gasteiger partial charge is 0.308 e. The van der Waals surface area contributed by atoms with Crippen LogP contribution in [0.2, 0.25) is 0 Å². The number of cyclic esters (lactones) is 1. The van der Waals surface area contributed by atoms with Crippen LogP contribution in [0.5, 0.6) is 0 Å². The minimum absolute atomic E-state index is 0.167. The first-order valence-corrected chi connectivity index (χ1v) is 2.13. The van der Waals surface area contributed by atoms with Crippen molar-refractivity contribution in [3.63, 3.8) is 0 Å². The Bertz CT molecular complexity index is 88.9. The topological polar surface area (TPSA) is 46.5 Å². The van der Waals surface area contributed by atoms with Crippen molar-refractivity contribution < 1.29 is 14.6 Å². The second kappa shape index (κ2) is 1.50. The van der Waals surface area contributed by atoms with Gasteiger partial charge in [0.15, 0.2) is 0 Å². The molecular weight excluding hydrogens is 96.0 g/mol. The molecule has 3 heteroatoms. The molecule has 0 aromatic rings. The number of carbonyl (C=O) groups is 1. The molecule has 0 bridgehead atoms. The fourth-order valence-electron chi connectivity index (χ4n) is 0.499. The lowest BCUT2D eigenvalue weighted by molar-refractivity contribution is -0.137. The molecule has 0 radical (unpaired) electrons. The Balaban J connectivity index is 2.40. The molecule has 3 nitrogen and oxygen atoms in total. The van der Waals surface area contributed by atoms with Crippen molar-refractivity contribution in [2.45, 2.75) is 12.5 Å². The number of rotatable bonds is 0. The molecule has 0 aromatic heterocycles. The Morgan fingerprint density at radius 1 is 1.86 bits per heavy atom. The monoisotopic (exact) mass is 102 g/mol. The summed E-state index contributed by atoms with van der Waals surface area (Å²) in [6, 6.07) is 0. The maximum Gasteiger partial charge on any atom is 0.308 e. The molecule has 0 aliphatic carbocycles. The lowest BCUT2D eigenvalue weighted by Crippen LogP contribution is -2.02. The van der Waals surface area contributed by atoms with E-state index in [1.165, 1.54) is 0 Å². The quantitative estimate of drug-likeness (QED) is 0.411. The van der Waals surface area contributed by atoms with Crippen molar-refractivity contribution in [2.24, 2.45) is 0 Å². The van der Waals surface area contributed by atoms with E-state index in [9.17, 15) is 4.79 Å². The summed E-state index contributed by atoms with van der Waals surface area (Å²) in [7, 11) is 0. The van der Waals surface area contributed by atoms with Crippen molar-refractivity contribution in [1.29, 1.82) is 0 Å². The Kier molecular flexibility index (Phi) is 0.982. The highest BCUT2D eigenvalue weighted by Gasteiger charge is 2.20. The van der Waals surface area contributed by atoms with Gasteiger partial charge in [-0.1, -0.05) is 0 Å². The lowest BCUT2D eigenvalue weighted by atomic mass is 10.3. The standard InChI is InChI=1S/C4H6O3/c5-3-1-4(6)7-2-3/h3,5H,1-2H2/t3-/m0/s1. The summed E-state index contributed by atoms with van der Waals surface area (Å²) in [4.78, 5) is 10.1. The molecule has 1 fully saturated rings. The van der Waals surface area contributed by atoms with Gasteiger partial charge in [0.25, 0.3) is 0 Å². The van der Waals surface area contributed by atoms with Gasteiger partial charge in [0.1, 0.15) is 6.61 Å². The summed E-state index contributed by atoms with van der Waals surface area (Å²) in [5.41, 5.74) is 0. The molecule has 7 heavy (non-hydrogen) atoms. The molecule has 1 N–H and O–H groups in total. The van der Waals surface area contributed by atoms with Crippen molar-refractivity contribution in [3.8, 4) is 0 Å². The molecule has 1 atom stereocenters. The van der Waals surface area contributed by atoms with Gasteiger partial charge in [-0.15, -0.1) is 0 Å². The van der Waals surface area contributed by atoms with Gasteiger partial charge in [-0.05, 0) is 0 Å². The first-order chi connectivity index (χ1) is 3.29. The van der Waals surface area contributed by atoms with Crippen LogP contribution in [0, 0.1) is 0 Å². The van der Waals surface area contributed by atoms with Crippen molar-refractivity contribution in [3.05, 3.63) is 0 Å². The van der Waals surface area contributed by atoms with Crippen LogP contribution in [-0.4, -0.2) is 23.8 Å². The largest absolute Gasteiger partial charge is 0.463 e. The van der Waals surface area contributed by atoms with E-state index in [1.54, 1.807) is 0 Å². The second-order valence-corrected chi connectivity index (χ2v) is 1.54. The molecule has 1 aliphatic heterocycles. The summed E-state index contributed by atoms with van der Waals surface area (Å²) in [5, 5.41) is 8.55. The molecule has 1 aliphatic rings. The van der Waals surface area contributed by atoms with Crippen LogP contribution in [0.15, 0.2) is 0 Å². The Hall–Kier alpha value is -0.570. The zero-order valence-corrected chi connectivity index (χ0v) is 3.76. The number of hydrogen-bond acceptors (Lipinski definition) is 3. The molecule has 1 heterocycles. The van der Waals surface area contributed by atoms with Crippen LogP contribution >= 0.6 is 0 Å². The SMILES string of the molecule is O=C1C[C@H](O)CO1. The molecular formula is C4H6O3. The van der Waals surface area contributed by atoms with Crippen molar-refractivity contribution >= 4 is 5.97 Å². The minimum atomic E-state index is -0.549. The normalized spacial score (nSPS) is 30.4. The van der Waals surface area contributed by atoms with E-state index in [0.29, 0.717) is 0 Å². The molecule has 40 valence electrons. The van der Waals surface area contributed by atoms with Gasteiger partial charge >= 0.3 is 5.97 Å². The molecule has 0 amide bonds. The average molecular weight is 102 g/mol. The molecule has 0 unspecified atom stereocenters. The third-order valence-electron chi connectivity index (χ3n) is 0.839. The maximum atomic E-state index is 10.1. The zero-order valence-electron chi connectivity index (χ0n) is 3.76. The fourth-order valence-corrected chi connectivity index (χ4v) is 0.499. The predicted octanol–water partition coefficient (Wildman–Crippen LogP) is -0.706. The van der Waals surface area contributed by atoms with Gasteiger partial charge < -0.3 is 9.84 Å². The van der Waals surface area contributed by atoms with E-state index in [4.69, 9.17) is 5.11 Å². The molecule has 0 aromatic carbocycles. The first-order valence-electron chi connectivity index (χ1n) is 2.13. The minimum Gasteiger partial charge on any atom is -0.463 e. The van der Waals surface area contributed by atoms with E-state index in [1.807, 2.05) is 0 Å². The summed E-state index contributed by atoms with van der Waals surface area (Å²) in [6.45, 7) is 0.179. The Morgan fingerprint density at radius 3 is 2.71 bits per heavy atom. The Labute approximate surface area is 40.9 Å². The third-order valence-corrected chi connectivity index (χ3v) is 0.839. The third kappa shape index (κ3) is 0.899. The maximum absolute atomic E-state index is 10.1. The molecule has 1 saturated heterocycles. The molecule has 1 rings (SSSR count). The number of aliphatic hydroxyl groups is 1. The fraction of sp³-hybridized carbons (Fsp3) is 0.750. The molecule has 0 saturated carbocycles. The zero-order chi connectivity index (χ0) is 5.28. The van der Waals surface area contributed by atoms with Gasteiger partial charge in [0.05, 0.1) is 12.5 Å². The van der Waals surface area contributed by atoms with Crippen LogP contribution in [-0.2, 0) is 9.53 Å². The number of esters is 1. The number of carbonyl (C=O) groups excluding carboxylic acids is 1. The van der Waals surface area contributed by atoms with Crippen LogP contribution < -0.4 is 0 Å². The number of aliphatic hydroxyl groups excluding tert-OH is 1. The van der Waals surface area contributed by atoms with E-state index in [0.717, 1.165) is 0 Å². The summed E-state index contributed by atoms with van der Waals surface area (Å²) >= 11 is 0. The van der Waals surface area contributed by atoms with Gasteiger partial charge in [-0.3, -0.25) is 4.79 Å². The van der Waals surface area contributed by atoms with E-state index in [2.05, 4.69) is 4.74 Å². The Morgan fingerprint density at radius 2 is 2.57 bits per heavy atom. The molecule has 0 spiro atoms. The van der Waals surface area contributed by atoms with Gasteiger partial charge in [0.2, 0.25) is 0 Å². The summed E-state index contributed by atoms with van der Waals surface area (Å²) in [5.74, 6) is -0.299. The predicted molar refractivity (Wildman–Crippen MR) is 21.6 cm³/mol.